The van der Waals surface area contributed by atoms with Gasteiger partial charge in [-0.2, -0.15) is 0 Å². The van der Waals surface area contributed by atoms with Gasteiger partial charge < -0.3 is 15.4 Å². The van der Waals surface area contributed by atoms with Crippen LogP contribution in [0.3, 0.4) is 0 Å². The minimum absolute atomic E-state index is 0.222. The largest absolute Gasteiger partial charge is 0.496 e. The van der Waals surface area contributed by atoms with Gasteiger partial charge in [-0.3, -0.25) is 4.79 Å². The fourth-order valence-corrected chi connectivity index (χ4v) is 2.17. The van der Waals surface area contributed by atoms with Crippen molar-refractivity contribution in [1.82, 2.24) is 9.88 Å². The molecule has 0 saturated heterocycles. The number of methoxy groups -OCH3 is 1. The van der Waals surface area contributed by atoms with E-state index in [1.165, 1.54) is 12.3 Å². The number of aromatic nitrogens is 1. The van der Waals surface area contributed by atoms with Gasteiger partial charge in [0.05, 0.1) is 17.7 Å². The van der Waals surface area contributed by atoms with Crippen LogP contribution in [0.2, 0.25) is 5.02 Å². The van der Waals surface area contributed by atoms with E-state index in [1.807, 2.05) is 24.3 Å². The van der Waals surface area contributed by atoms with Crippen LogP contribution in [-0.4, -0.2) is 29.9 Å². The summed E-state index contributed by atoms with van der Waals surface area (Å²) in [6, 6.07) is 9.01. The maximum Gasteiger partial charge on any atom is 0.255 e. The van der Waals surface area contributed by atoms with E-state index in [2.05, 4.69) is 4.98 Å². The number of nitrogens with two attached hydrogens (primary N) is 1. The molecule has 0 aliphatic carbocycles. The SMILES string of the molecule is COc1ccccc1CN(C)C(=O)c1cc(N)ncc1Cl. The highest BCUT2D eigenvalue weighted by molar-refractivity contribution is 6.33. The summed E-state index contributed by atoms with van der Waals surface area (Å²) >= 11 is 6.01. The molecule has 0 unspecified atom stereocenters. The molecule has 0 radical (unpaired) electrons. The molecule has 1 aromatic carbocycles. The van der Waals surface area contributed by atoms with E-state index in [1.54, 1.807) is 19.1 Å². The lowest BCUT2D eigenvalue weighted by Crippen LogP contribution is -2.26. The normalized spacial score (nSPS) is 10.2. The third kappa shape index (κ3) is 3.44. The Labute approximate surface area is 128 Å². The molecule has 5 nitrogen and oxygen atoms in total. The molecule has 0 fully saturated rings. The van der Waals surface area contributed by atoms with E-state index < -0.39 is 0 Å². The van der Waals surface area contributed by atoms with Gasteiger partial charge in [-0.05, 0) is 12.1 Å². The Bertz CT molecular complexity index is 661. The van der Waals surface area contributed by atoms with E-state index in [9.17, 15) is 4.79 Å². The van der Waals surface area contributed by atoms with E-state index in [0.717, 1.165) is 11.3 Å². The molecular formula is C15H16ClN3O2. The zero-order valence-electron chi connectivity index (χ0n) is 11.8. The summed E-state index contributed by atoms with van der Waals surface area (Å²) in [6.45, 7) is 0.404. The van der Waals surface area contributed by atoms with Crippen molar-refractivity contribution in [3.63, 3.8) is 0 Å². The molecule has 2 rings (SSSR count). The Morgan fingerprint density at radius 2 is 2.14 bits per heavy atom. The molecule has 1 aromatic heterocycles. The number of halogens is 1. The van der Waals surface area contributed by atoms with E-state index >= 15 is 0 Å². The first kappa shape index (κ1) is 15.1. The number of nitrogen functional groups attached to an aromatic ring is 1. The first-order chi connectivity index (χ1) is 10.0. The highest BCUT2D eigenvalue weighted by Crippen LogP contribution is 2.22. The van der Waals surface area contributed by atoms with Crippen molar-refractivity contribution in [3.05, 3.63) is 52.7 Å². The molecule has 0 aliphatic heterocycles. The van der Waals surface area contributed by atoms with Gasteiger partial charge in [0.2, 0.25) is 0 Å². The maximum atomic E-state index is 12.4. The fourth-order valence-electron chi connectivity index (χ4n) is 1.99. The van der Waals surface area contributed by atoms with Crippen LogP contribution in [0.15, 0.2) is 36.5 Å². The predicted octanol–water partition coefficient (Wildman–Crippen LogP) is 2.60. The van der Waals surface area contributed by atoms with Crippen LogP contribution in [-0.2, 0) is 6.54 Å². The minimum atomic E-state index is -0.222. The second-order valence-electron chi connectivity index (χ2n) is 4.56. The van der Waals surface area contributed by atoms with Gasteiger partial charge in [0.25, 0.3) is 5.91 Å². The van der Waals surface area contributed by atoms with Crippen LogP contribution < -0.4 is 10.5 Å². The summed E-state index contributed by atoms with van der Waals surface area (Å²) in [5.74, 6) is 0.769. The second-order valence-corrected chi connectivity index (χ2v) is 4.97. The smallest absolute Gasteiger partial charge is 0.255 e. The number of rotatable bonds is 4. The van der Waals surface area contributed by atoms with Crippen molar-refractivity contribution in [2.75, 3.05) is 19.9 Å². The average molecular weight is 306 g/mol. The number of para-hydroxylation sites is 1. The molecule has 0 aliphatic rings. The Hall–Kier alpha value is -2.27. The molecule has 0 saturated carbocycles. The minimum Gasteiger partial charge on any atom is -0.496 e. The molecule has 0 spiro atoms. The highest BCUT2D eigenvalue weighted by atomic mass is 35.5. The lowest BCUT2D eigenvalue weighted by atomic mass is 10.1. The zero-order valence-corrected chi connectivity index (χ0v) is 12.6. The molecule has 0 atom stereocenters. The molecule has 1 heterocycles. The lowest BCUT2D eigenvalue weighted by Gasteiger charge is -2.19. The topological polar surface area (TPSA) is 68.5 Å². The molecule has 6 heteroatoms. The van der Waals surface area contributed by atoms with E-state index in [-0.39, 0.29) is 16.7 Å². The summed E-state index contributed by atoms with van der Waals surface area (Å²) in [4.78, 5) is 17.8. The number of nitrogens with zero attached hydrogens (tertiary/aromatic N) is 2. The number of carbonyl (C=O) groups excluding carboxylic acids is 1. The number of carbonyl (C=O) groups is 1. The van der Waals surface area contributed by atoms with E-state index in [0.29, 0.717) is 12.1 Å². The molecule has 2 aromatic rings. The van der Waals surface area contributed by atoms with Gasteiger partial charge in [-0.15, -0.1) is 0 Å². The summed E-state index contributed by atoms with van der Waals surface area (Å²) in [5.41, 5.74) is 6.85. The van der Waals surface area contributed by atoms with Crippen molar-refractivity contribution in [2.45, 2.75) is 6.54 Å². The summed E-state index contributed by atoms with van der Waals surface area (Å²) in [6.07, 6.45) is 1.38. The Morgan fingerprint density at radius 3 is 2.86 bits per heavy atom. The molecule has 21 heavy (non-hydrogen) atoms. The average Bonchev–Trinajstić information content (AvgIpc) is 2.49. The van der Waals surface area contributed by atoms with Crippen molar-refractivity contribution >= 4 is 23.3 Å². The summed E-state index contributed by atoms with van der Waals surface area (Å²) in [7, 11) is 3.29. The number of ether oxygens (including phenoxy) is 1. The van der Waals surface area contributed by atoms with Crippen molar-refractivity contribution in [1.29, 1.82) is 0 Å². The Morgan fingerprint density at radius 1 is 1.43 bits per heavy atom. The monoisotopic (exact) mass is 305 g/mol. The third-order valence-electron chi connectivity index (χ3n) is 3.05. The standard InChI is InChI=1S/C15H16ClN3O2/c1-19(9-10-5-3-4-6-13(10)21-2)15(20)11-7-14(17)18-8-12(11)16/h3-8H,9H2,1-2H3,(H2,17,18). The first-order valence-corrected chi connectivity index (χ1v) is 6.69. The van der Waals surface area contributed by atoms with Crippen LogP contribution in [0, 0.1) is 0 Å². The van der Waals surface area contributed by atoms with Gasteiger partial charge in [0, 0.05) is 25.4 Å². The van der Waals surface area contributed by atoms with Gasteiger partial charge in [0.1, 0.15) is 11.6 Å². The summed E-state index contributed by atoms with van der Waals surface area (Å²) in [5, 5.41) is 0.279. The van der Waals surface area contributed by atoms with Crippen LogP contribution in [0.25, 0.3) is 0 Å². The Kier molecular flexibility index (Phi) is 4.65. The molecule has 2 N–H and O–H groups in total. The Balaban J connectivity index is 2.22. The molecular weight excluding hydrogens is 290 g/mol. The number of anilines is 1. The van der Waals surface area contributed by atoms with Crippen LogP contribution in [0.5, 0.6) is 5.75 Å². The number of hydrogen-bond donors (Lipinski definition) is 1. The van der Waals surface area contributed by atoms with Crippen LogP contribution in [0.4, 0.5) is 5.82 Å². The predicted molar refractivity (Wildman–Crippen MR) is 82.5 cm³/mol. The number of pyridine rings is 1. The molecule has 0 bridgehead atoms. The summed E-state index contributed by atoms with van der Waals surface area (Å²) < 4.78 is 5.28. The lowest BCUT2D eigenvalue weighted by molar-refractivity contribution is 0.0784. The molecule has 1 amide bonds. The van der Waals surface area contributed by atoms with Gasteiger partial charge in [-0.25, -0.2) is 4.98 Å². The van der Waals surface area contributed by atoms with Gasteiger partial charge in [0.15, 0.2) is 0 Å². The van der Waals surface area contributed by atoms with Crippen molar-refractivity contribution in [3.8, 4) is 5.75 Å². The molecule has 110 valence electrons. The van der Waals surface area contributed by atoms with E-state index in [4.69, 9.17) is 22.1 Å². The van der Waals surface area contributed by atoms with Crippen molar-refractivity contribution < 1.29 is 9.53 Å². The van der Waals surface area contributed by atoms with Gasteiger partial charge >= 0.3 is 0 Å². The second kappa shape index (κ2) is 6.45. The third-order valence-corrected chi connectivity index (χ3v) is 3.35. The fraction of sp³-hybridized carbons (Fsp3) is 0.200. The zero-order chi connectivity index (χ0) is 15.4. The van der Waals surface area contributed by atoms with Crippen molar-refractivity contribution in [2.24, 2.45) is 0 Å². The highest BCUT2D eigenvalue weighted by Gasteiger charge is 2.17. The number of benzene rings is 1. The van der Waals surface area contributed by atoms with Crippen LogP contribution in [0.1, 0.15) is 15.9 Å². The number of hydrogen-bond acceptors (Lipinski definition) is 4. The van der Waals surface area contributed by atoms with Gasteiger partial charge in [-0.1, -0.05) is 29.8 Å². The maximum absolute atomic E-state index is 12.4. The van der Waals surface area contributed by atoms with Crippen LogP contribution >= 0.6 is 11.6 Å². The first-order valence-electron chi connectivity index (χ1n) is 6.31. The number of amides is 1. The quantitative estimate of drug-likeness (QED) is 0.942.